The Labute approximate surface area is 198 Å². The molecule has 0 unspecified atom stereocenters. The Morgan fingerprint density at radius 3 is 2.44 bits per heavy atom. The van der Waals surface area contributed by atoms with E-state index in [0.717, 1.165) is 46.7 Å². The average Bonchev–Trinajstić information content (AvgIpc) is 3.25. The number of hydrogen-bond acceptors (Lipinski definition) is 5. The Balaban J connectivity index is 1.69. The molecule has 0 aliphatic rings. The van der Waals surface area contributed by atoms with E-state index < -0.39 is 5.97 Å². The van der Waals surface area contributed by atoms with E-state index in [9.17, 15) is 4.79 Å². The van der Waals surface area contributed by atoms with Crippen molar-refractivity contribution in [1.29, 1.82) is 0 Å². The Bertz CT molecular complexity index is 1270. The van der Waals surface area contributed by atoms with E-state index in [1.807, 2.05) is 66.7 Å². The molecular weight excluding hydrogens is 432 g/mol. The van der Waals surface area contributed by atoms with Crippen LogP contribution in [0.4, 0.5) is 0 Å². The number of nitrogens with zero attached hydrogens (tertiary/aromatic N) is 2. The number of benzene rings is 3. The minimum absolute atomic E-state index is 0.193. The number of aromatic nitrogens is 2. The highest BCUT2D eigenvalue weighted by Crippen LogP contribution is 2.35. The molecule has 34 heavy (non-hydrogen) atoms. The zero-order valence-electron chi connectivity index (χ0n) is 19.4. The van der Waals surface area contributed by atoms with Crippen molar-refractivity contribution in [1.82, 2.24) is 9.55 Å². The highest BCUT2D eigenvalue weighted by Gasteiger charge is 2.17. The zero-order chi connectivity index (χ0) is 23.9. The number of aliphatic carboxylic acids is 1. The van der Waals surface area contributed by atoms with Gasteiger partial charge in [-0.3, -0.25) is 9.36 Å². The number of carbonyl (C=O) groups is 1. The van der Waals surface area contributed by atoms with Crippen LogP contribution in [0.15, 0.2) is 66.7 Å². The van der Waals surface area contributed by atoms with Crippen LogP contribution in [0.2, 0.25) is 0 Å². The maximum absolute atomic E-state index is 10.7. The molecule has 0 saturated heterocycles. The van der Waals surface area contributed by atoms with Crippen molar-refractivity contribution in [3.8, 4) is 34.3 Å². The van der Waals surface area contributed by atoms with Crippen molar-refractivity contribution in [3.05, 3.63) is 66.7 Å². The van der Waals surface area contributed by atoms with Crippen LogP contribution in [-0.2, 0) is 4.79 Å². The van der Waals surface area contributed by atoms with Crippen molar-refractivity contribution in [2.45, 2.75) is 25.7 Å². The highest BCUT2D eigenvalue weighted by atomic mass is 16.5. The topological polar surface area (TPSA) is 82.8 Å². The number of rotatable bonds is 11. The predicted octanol–water partition coefficient (Wildman–Crippen LogP) is 5.73. The molecule has 0 aliphatic heterocycles. The number of ether oxygens (including phenoxy) is 3. The molecule has 1 heterocycles. The quantitative estimate of drug-likeness (QED) is 0.288. The van der Waals surface area contributed by atoms with Gasteiger partial charge in [0.2, 0.25) is 0 Å². The molecule has 1 aromatic heterocycles. The Morgan fingerprint density at radius 2 is 1.71 bits per heavy atom. The number of carboxylic acid groups (broad SMARTS) is 1. The molecule has 0 aliphatic carbocycles. The molecule has 7 heteroatoms. The number of hydrogen-bond donors (Lipinski definition) is 1. The lowest BCUT2D eigenvalue weighted by Crippen LogP contribution is -2.01. The van der Waals surface area contributed by atoms with Gasteiger partial charge in [-0.2, -0.15) is 0 Å². The van der Waals surface area contributed by atoms with Gasteiger partial charge in [0.25, 0.3) is 0 Å². The second-order valence-corrected chi connectivity index (χ2v) is 7.88. The van der Waals surface area contributed by atoms with E-state index in [-0.39, 0.29) is 6.42 Å². The third-order valence-corrected chi connectivity index (χ3v) is 5.59. The van der Waals surface area contributed by atoms with Gasteiger partial charge < -0.3 is 19.3 Å². The largest absolute Gasteiger partial charge is 0.494 e. The van der Waals surface area contributed by atoms with Crippen LogP contribution in [0.1, 0.15) is 25.7 Å². The first-order valence-corrected chi connectivity index (χ1v) is 11.3. The van der Waals surface area contributed by atoms with Crippen molar-refractivity contribution in [3.63, 3.8) is 0 Å². The monoisotopic (exact) mass is 460 g/mol. The molecule has 1 N–H and O–H groups in total. The van der Waals surface area contributed by atoms with Crippen LogP contribution in [-0.4, -0.2) is 41.5 Å². The summed E-state index contributed by atoms with van der Waals surface area (Å²) in [5.41, 5.74) is 3.65. The molecule has 0 amide bonds. The summed E-state index contributed by atoms with van der Waals surface area (Å²) < 4.78 is 19.0. The standard InChI is InChI=1S/C27H28N2O5/c1-32-24-15-12-20(17-25(24)33-2)29-23-18-21(34-16-8-4-7-11-26(30)31)13-14-22(23)28-27(29)19-9-5-3-6-10-19/h3,5-6,9-10,12-15,17-18H,4,7-8,11,16H2,1-2H3,(H,30,31). The highest BCUT2D eigenvalue weighted by molar-refractivity contribution is 5.84. The molecule has 3 aromatic carbocycles. The fraction of sp³-hybridized carbons (Fsp3) is 0.259. The molecule has 0 saturated carbocycles. The Hall–Kier alpha value is -4.00. The molecule has 0 radical (unpaired) electrons. The lowest BCUT2D eigenvalue weighted by Gasteiger charge is -2.14. The van der Waals surface area contributed by atoms with Gasteiger partial charge in [0.05, 0.1) is 37.5 Å². The van der Waals surface area contributed by atoms with E-state index in [1.54, 1.807) is 14.2 Å². The first-order valence-electron chi connectivity index (χ1n) is 11.3. The minimum Gasteiger partial charge on any atom is -0.494 e. The molecular formula is C27H28N2O5. The Morgan fingerprint density at radius 1 is 0.912 bits per heavy atom. The maximum Gasteiger partial charge on any atom is 0.303 e. The number of methoxy groups -OCH3 is 2. The predicted molar refractivity (Wildman–Crippen MR) is 131 cm³/mol. The number of carboxylic acids is 1. The van der Waals surface area contributed by atoms with Gasteiger partial charge in [-0.1, -0.05) is 30.3 Å². The normalized spacial score (nSPS) is 10.9. The summed E-state index contributed by atoms with van der Waals surface area (Å²) in [6.45, 7) is 0.529. The molecule has 7 nitrogen and oxygen atoms in total. The van der Waals surface area contributed by atoms with Gasteiger partial charge in [-0.25, -0.2) is 4.98 Å². The summed E-state index contributed by atoms with van der Waals surface area (Å²) in [6, 6.07) is 21.7. The van der Waals surface area contributed by atoms with Gasteiger partial charge in [0, 0.05) is 24.1 Å². The molecule has 4 aromatic rings. The zero-order valence-corrected chi connectivity index (χ0v) is 19.4. The van der Waals surface area contributed by atoms with Gasteiger partial charge in [-0.05, 0) is 43.5 Å². The van der Waals surface area contributed by atoms with Crippen LogP contribution < -0.4 is 14.2 Å². The fourth-order valence-electron chi connectivity index (χ4n) is 3.90. The van der Waals surface area contributed by atoms with Crippen molar-refractivity contribution >= 4 is 17.0 Å². The van der Waals surface area contributed by atoms with E-state index >= 15 is 0 Å². The summed E-state index contributed by atoms with van der Waals surface area (Å²) in [5.74, 6) is 2.09. The molecule has 0 spiro atoms. The maximum atomic E-state index is 10.7. The van der Waals surface area contributed by atoms with Crippen LogP contribution in [0.3, 0.4) is 0 Å². The number of imidazole rings is 1. The third kappa shape index (κ3) is 5.14. The minimum atomic E-state index is -0.760. The lowest BCUT2D eigenvalue weighted by atomic mass is 10.2. The molecule has 176 valence electrons. The van der Waals surface area contributed by atoms with Gasteiger partial charge in [0.1, 0.15) is 11.6 Å². The number of fused-ring (bicyclic) bond motifs is 1. The summed E-state index contributed by atoms with van der Waals surface area (Å²) in [4.78, 5) is 15.6. The summed E-state index contributed by atoms with van der Waals surface area (Å²) in [6.07, 6.45) is 2.47. The van der Waals surface area contributed by atoms with Gasteiger partial charge in [0.15, 0.2) is 11.5 Å². The second-order valence-electron chi connectivity index (χ2n) is 7.88. The van der Waals surface area contributed by atoms with E-state index in [4.69, 9.17) is 24.3 Å². The first kappa shape index (κ1) is 23.2. The van der Waals surface area contributed by atoms with E-state index in [2.05, 4.69) is 4.57 Å². The van der Waals surface area contributed by atoms with Crippen LogP contribution in [0.5, 0.6) is 17.2 Å². The molecule has 0 atom stereocenters. The van der Waals surface area contributed by atoms with Crippen LogP contribution in [0, 0.1) is 0 Å². The average molecular weight is 461 g/mol. The summed E-state index contributed by atoms with van der Waals surface area (Å²) in [7, 11) is 3.24. The summed E-state index contributed by atoms with van der Waals surface area (Å²) in [5, 5.41) is 8.76. The molecule has 4 rings (SSSR count). The first-order chi connectivity index (χ1) is 16.6. The summed E-state index contributed by atoms with van der Waals surface area (Å²) >= 11 is 0. The Kier molecular flexibility index (Phi) is 7.32. The smallest absolute Gasteiger partial charge is 0.303 e. The van der Waals surface area contributed by atoms with Crippen molar-refractivity contribution in [2.75, 3.05) is 20.8 Å². The van der Waals surface area contributed by atoms with Crippen LogP contribution in [0.25, 0.3) is 28.1 Å². The molecule has 0 bridgehead atoms. The third-order valence-electron chi connectivity index (χ3n) is 5.59. The number of unbranched alkanes of at least 4 members (excludes halogenated alkanes) is 2. The second kappa shape index (κ2) is 10.7. The lowest BCUT2D eigenvalue weighted by molar-refractivity contribution is -0.137. The van der Waals surface area contributed by atoms with Gasteiger partial charge >= 0.3 is 5.97 Å². The molecule has 0 fully saturated rings. The fourth-order valence-corrected chi connectivity index (χ4v) is 3.90. The van der Waals surface area contributed by atoms with E-state index in [0.29, 0.717) is 24.5 Å². The van der Waals surface area contributed by atoms with Crippen LogP contribution >= 0.6 is 0 Å². The SMILES string of the molecule is COc1ccc(-n2c(-c3ccccc3)nc3ccc(OCCCCCC(=O)O)cc32)cc1OC. The van der Waals surface area contributed by atoms with E-state index in [1.165, 1.54) is 0 Å². The van der Waals surface area contributed by atoms with Gasteiger partial charge in [-0.15, -0.1) is 0 Å². The van der Waals surface area contributed by atoms with Crippen molar-refractivity contribution in [2.24, 2.45) is 0 Å². The van der Waals surface area contributed by atoms with Crippen molar-refractivity contribution < 1.29 is 24.1 Å².